The van der Waals surface area contributed by atoms with Crippen LogP contribution in [0.1, 0.15) is 70.0 Å². The predicted octanol–water partition coefficient (Wildman–Crippen LogP) is 4.26. The molecule has 4 heteroatoms. The van der Waals surface area contributed by atoms with Crippen molar-refractivity contribution in [3.05, 3.63) is 15.6 Å². The van der Waals surface area contributed by atoms with E-state index in [-0.39, 0.29) is 11.1 Å². The summed E-state index contributed by atoms with van der Waals surface area (Å²) in [4.78, 5) is 6.22. The lowest BCUT2D eigenvalue weighted by Crippen LogP contribution is -2.35. The van der Waals surface area contributed by atoms with Gasteiger partial charge in [-0.1, -0.05) is 20.3 Å². The van der Waals surface area contributed by atoms with E-state index in [2.05, 4.69) is 46.9 Å². The fourth-order valence-electron chi connectivity index (χ4n) is 1.91. The zero-order valence-corrected chi connectivity index (χ0v) is 14.9. The summed E-state index contributed by atoms with van der Waals surface area (Å²) in [5.41, 5.74) is 1.11. The van der Waals surface area contributed by atoms with Gasteiger partial charge in [0.1, 0.15) is 10.6 Å². The Bertz CT molecular complexity index is 417. The minimum absolute atomic E-state index is 0.128. The van der Waals surface area contributed by atoms with E-state index in [1.165, 1.54) is 10.6 Å². The average Bonchev–Trinajstić information content (AvgIpc) is 2.79. The Labute approximate surface area is 128 Å². The van der Waals surface area contributed by atoms with Crippen molar-refractivity contribution >= 4 is 11.3 Å². The van der Waals surface area contributed by atoms with Crippen molar-refractivity contribution in [3.8, 4) is 0 Å². The standard InChI is InChI=1S/C16H30N2OS/c1-8-10-12-13(11-17-15(3,4)5)20-14(18-12)16(6,9-2)19-7/h17H,8-11H2,1-7H3. The number of aryl methyl sites for hydroxylation is 1. The van der Waals surface area contributed by atoms with Gasteiger partial charge in [0.2, 0.25) is 0 Å². The van der Waals surface area contributed by atoms with Gasteiger partial charge in [0.25, 0.3) is 0 Å². The summed E-state index contributed by atoms with van der Waals surface area (Å²) in [5.74, 6) is 0. The predicted molar refractivity (Wildman–Crippen MR) is 87.4 cm³/mol. The van der Waals surface area contributed by atoms with Crippen LogP contribution in [0, 0.1) is 0 Å². The number of hydrogen-bond donors (Lipinski definition) is 1. The van der Waals surface area contributed by atoms with E-state index < -0.39 is 0 Å². The quantitative estimate of drug-likeness (QED) is 0.817. The lowest BCUT2D eigenvalue weighted by atomic mass is 10.0. The van der Waals surface area contributed by atoms with Gasteiger partial charge in [-0.05, 0) is 40.5 Å². The number of ether oxygens (including phenoxy) is 1. The molecule has 0 spiro atoms. The van der Waals surface area contributed by atoms with Crippen LogP contribution < -0.4 is 5.32 Å². The first-order valence-electron chi connectivity index (χ1n) is 7.55. The first-order valence-corrected chi connectivity index (χ1v) is 8.36. The summed E-state index contributed by atoms with van der Waals surface area (Å²) >= 11 is 1.80. The molecule has 0 saturated carbocycles. The molecule has 1 atom stereocenters. The Balaban J connectivity index is 3.01. The van der Waals surface area contributed by atoms with Gasteiger partial charge >= 0.3 is 0 Å². The third-order valence-corrected chi connectivity index (χ3v) is 4.96. The summed E-state index contributed by atoms with van der Waals surface area (Å²) in [7, 11) is 1.78. The van der Waals surface area contributed by atoms with Gasteiger partial charge in [0, 0.05) is 24.1 Å². The van der Waals surface area contributed by atoms with Crippen LogP contribution in [0.4, 0.5) is 0 Å². The zero-order valence-electron chi connectivity index (χ0n) is 14.1. The molecule has 1 aromatic rings. The molecule has 0 bridgehead atoms. The van der Waals surface area contributed by atoms with Gasteiger partial charge in [0.15, 0.2) is 0 Å². The fourth-order valence-corrected chi connectivity index (χ4v) is 3.15. The third-order valence-electron chi connectivity index (χ3n) is 3.62. The van der Waals surface area contributed by atoms with Gasteiger partial charge in [-0.2, -0.15) is 0 Å². The van der Waals surface area contributed by atoms with Gasteiger partial charge in [-0.15, -0.1) is 11.3 Å². The van der Waals surface area contributed by atoms with E-state index in [1.54, 1.807) is 18.4 Å². The van der Waals surface area contributed by atoms with Crippen LogP contribution in [0.2, 0.25) is 0 Å². The van der Waals surface area contributed by atoms with Crippen LogP contribution in [-0.2, 0) is 23.3 Å². The van der Waals surface area contributed by atoms with Crippen molar-refractivity contribution in [2.75, 3.05) is 7.11 Å². The van der Waals surface area contributed by atoms with E-state index in [0.29, 0.717) is 0 Å². The van der Waals surface area contributed by atoms with E-state index >= 15 is 0 Å². The Morgan fingerprint density at radius 3 is 2.30 bits per heavy atom. The van der Waals surface area contributed by atoms with Crippen molar-refractivity contribution in [2.45, 2.75) is 78.5 Å². The molecule has 1 rings (SSSR count). The molecule has 0 aliphatic carbocycles. The van der Waals surface area contributed by atoms with Gasteiger partial charge < -0.3 is 10.1 Å². The monoisotopic (exact) mass is 298 g/mol. The number of aromatic nitrogens is 1. The number of nitrogens with one attached hydrogen (secondary N) is 1. The van der Waals surface area contributed by atoms with Gasteiger partial charge in [-0.25, -0.2) is 4.98 Å². The second-order valence-corrected chi connectivity index (χ2v) is 7.61. The molecule has 1 aromatic heterocycles. The molecule has 116 valence electrons. The molecule has 1 unspecified atom stereocenters. The first-order chi connectivity index (χ1) is 9.25. The maximum absolute atomic E-state index is 5.69. The summed E-state index contributed by atoms with van der Waals surface area (Å²) in [5, 5.41) is 4.68. The maximum Gasteiger partial charge on any atom is 0.125 e. The molecule has 0 amide bonds. The molecule has 1 heterocycles. The maximum atomic E-state index is 5.69. The lowest BCUT2D eigenvalue weighted by molar-refractivity contribution is -0.00166. The average molecular weight is 298 g/mol. The van der Waals surface area contributed by atoms with Crippen LogP contribution >= 0.6 is 11.3 Å². The van der Waals surface area contributed by atoms with Crippen LogP contribution in [0.25, 0.3) is 0 Å². The number of hydrogen-bond acceptors (Lipinski definition) is 4. The highest BCUT2D eigenvalue weighted by Crippen LogP contribution is 2.34. The molecule has 0 fully saturated rings. The molecule has 0 aliphatic rings. The minimum atomic E-state index is -0.257. The summed E-state index contributed by atoms with van der Waals surface area (Å²) in [6.07, 6.45) is 3.11. The summed E-state index contributed by atoms with van der Waals surface area (Å²) in [6.45, 7) is 14.0. The van der Waals surface area contributed by atoms with Crippen LogP contribution in [-0.4, -0.2) is 17.6 Å². The molecule has 0 aromatic carbocycles. The Morgan fingerprint density at radius 1 is 1.20 bits per heavy atom. The van der Waals surface area contributed by atoms with Gasteiger partial charge in [0.05, 0.1) is 5.69 Å². The van der Waals surface area contributed by atoms with Crippen molar-refractivity contribution in [1.82, 2.24) is 10.3 Å². The van der Waals surface area contributed by atoms with Crippen molar-refractivity contribution in [1.29, 1.82) is 0 Å². The highest BCUT2D eigenvalue weighted by molar-refractivity contribution is 7.11. The normalized spacial score (nSPS) is 15.3. The molecule has 3 nitrogen and oxygen atoms in total. The van der Waals surface area contributed by atoms with Gasteiger partial charge in [-0.3, -0.25) is 0 Å². The first kappa shape index (κ1) is 17.6. The molecule has 0 radical (unpaired) electrons. The van der Waals surface area contributed by atoms with Crippen molar-refractivity contribution in [3.63, 3.8) is 0 Å². The Hall–Kier alpha value is -0.450. The van der Waals surface area contributed by atoms with Crippen molar-refractivity contribution < 1.29 is 4.74 Å². The van der Waals surface area contributed by atoms with E-state index in [0.717, 1.165) is 30.8 Å². The molecule has 0 saturated heterocycles. The molecule has 20 heavy (non-hydrogen) atoms. The number of nitrogens with zero attached hydrogens (tertiary/aromatic N) is 1. The van der Waals surface area contributed by atoms with Crippen molar-refractivity contribution in [2.24, 2.45) is 0 Å². The highest BCUT2D eigenvalue weighted by atomic mass is 32.1. The third kappa shape index (κ3) is 4.54. The topological polar surface area (TPSA) is 34.1 Å². The minimum Gasteiger partial charge on any atom is -0.371 e. The Kier molecular flexibility index (Phi) is 6.17. The number of rotatable bonds is 7. The number of methoxy groups -OCH3 is 1. The van der Waals surface area contributed by atoms with Crippen LogP contribution in [0.3, 0.4) is 0 Å². The number of thiazole rings is 1. The van der Waals surface area contributed by atoms with E-state index in [1.807, 2.05) is 0 Å². The highest BCUT2D eigenvalue weighted by Gasteiger charge is 2.29. The smallest absolute Gasteiger partial charge is 0.125 e. The largest absolute Gasteiger partial charge is 0.371 e. The molecular weight excluding hydrogens is 268 g/mol. The van der Waals surface area contributed by atoms with E-state index in [9.17, 15) is 0 Å². The molecule has 0 aliphatic heterocycles. The Morgan fingerprint density at radius 2 is 1.85 bits per heavy atom. The lowest BCUT2D eigenvalue weighted by Gasteiger charge is -2.23. The summed E-state index contributed by atoms with van der Waals surface area (Å²) < 4.78 is 5.69. The van der Waals surface area contributed by atoms with Crippen LogP contribution in [0.15, 0.2) is 0 Å². The second kappa shape index (κ2) is 7.01. The van der Waals surface area contributed by atoms with Crippen LogP contribution in [0.5, 0.6) is 0 Å². The summed E-state index contributed by atoms with van der Waals surface area (Å²) in [6, 6.07) is 0. The SMILES string of the molecule is CCCc1nc(C(C)(CC)OC)sc1CNC(C)(C)C. The molecule has 1 N–H and O–H groups in total. The second-order valence-electron chi connectivity index (χ2n) is 6.53. The van der Waals surface area contributed by atoms with E-state index in [4.69, 9.17) is 9.72 Å². The zero-order chi connectivity index (χ0) is 15.4. The fraction of sp³-hybridized carbons (Fsp3) is 0.812. The molecular formula is C16H30N2OS.